The third kappa shape index (κ3) is 22.1. The largest absolute Gasteiger partial charge is 0.493 e. The van der Waals surface area contributed by atoms with E-state index in [1.165, 1.54) is 11.1 Å². The topological polar surface area (TPSA) is 337 Å². The molecule has 20 nitrogen and oxygen atoms in total. The number of likely N-dealkylation sites (N-methyl/N-ethyl adjacent to an activating group) is 2. The van der Waals surface area contributed by atoms with Crippen LogP contribution < -0.4 is 53.7 Å². The van der Waals surface area contributed by atoms with Gasteiger partial charge in [0, 0.05) is 36.6 Å². The zero-order valence-corrected chi connectivity index (χ0v) is 40.3. The van der Waals surface area contributed by atoms with Gasteiger partial charge in [0.05, 0.1) is 36.8 Å². The van der Waals surface area contributed by atoms with Crippen molar-refractivity contribution in [3.63, 3.8) is 0 Å². The Kier molecular flexibility index (Phi) is 24.8. The highest BCUT2D eigenvalue weighted by Crippen LogP contribution is 2.25. The molecule has 4 aromatic rings. The molecule has 0 spiro atoms. The molecule has 14 N–H and O–H groups in total. The standard InChI is InChI=1S/2C19H20N2O3S.2C4H11N5/c2*1-2-13-3-6-15(20-12-13)9-10-24-16-7-4-14(5-8-16)11-17-18(22)21-19(23)25-17;2*1-8-2-3(5)9-4(6)7/h2*3-8,12,17H,2,9-11H2,1H3,(H,21,22,23);2*8H,2H2,1H3,(H5,5,6,7,9). The van der Waals surface area contributed by atoms with Crippen molar-refractivity contribution in [3.8, 4) is 11.5 Å². The number of hydrogen-bond acceptors (Lipinski definition) is 14. The van der Waals surface area contributed by atoms with Gasteiger partial charge in [-0.05, 0) is 98.4 Å². The Hall–Kier alpha value is -6.88. The third-order valence-electron chi connectivity index (χ3n) is 9.31. The van der Waals surface area contributed by atoms with E-state index in [2.05, 4.69) is 67.2 Å². The maximum Gasteiger partial charge on any atom is 0.286 e. The van der Waals surface area contributed by atoms with E-state index in [0.717, 1.165) is 83.2 Å². The second-order valence-electron chi connectivity index (χ2n) is 14.7. The maximum atomic E-state index is 11.6. The number of aromatic nitrogens is 2. The number of pyridine rings is 2. The van der Waals surface area contributed by atoms with Crippen molar-refractivity contribution < 1.29 is 28.7 Å². The number of ether oxygens (including phenoxy) is 2. The van der Waals surface area contributed by atoms with E-state index in [9.17, 15) is 19.2 Å². The molecule has 2 atom stereocenters. The molecule has 6 rings (SSSR count). The average molecular weight is 971 g/mol. The fraction of sp³-hybridized carbons (Fsp3) is 0.348. The van der Waals surface area contributed by atoms with E-state index in [1.807, 2.05) is 73.1 Å². The molecule has 22 heteroatoms. The van der Waals surface area contributed by atoms with Crippen LogP contribution in [0, 0.1) is 10.8 Å². The van der Waals surface area contributed by atoms with Crippen molar-refractivity contribution in [3.05, 3.63) is 119 Å². The van der Waals surface area contributed by atoms with Gasteiger partial charge in [0.25, 0.3) is 10.5 Å². The van der Waals surface area contributed by atoms with Crippen molar-refractivity contribution in [1.82, 2.24) is 31.2 Å². The molecule has 0 saturated carbocycles. The second kappa shape index (κ2) is 30.4. The number of aliphatic imine (C=N–C) groups is 2. The van der Waals surface area contributed by atoms with Crippen LogP contribution in [0.2, 0.25) is 0 Å². The fourth-order valence-electron chi connectivity index (χ4n) is 5.85. The number of thioether (sulfide) groups is 2. The lowest BCUT2D eigenvalue weighted by Gasteiger charge is -2.09. The lowest BCUT2D eigenvalue weighted by molar-refractivity contribution is -0.119. The van der Waals surface area contributed by atoms with Gasteiger partial charge in [-0.2, -0.15) is 9.98 Å². The highest BCUT2D eigenvalue weighted by Gasteiger charge is 2.32. The molecule has 68 heavy (non-hydrogen) atoms. The molecule has 2 unspecified atom stereocenters. The summed E-state index contributed by atoms with van der Waals surface area (Å²) in [5, 5.41) is 22.3. The normalized spacial score (nSPS) is 15.4. The summed E-state index contributed by atoms with van der Waals surface area (Å²) in [6.45, 7) is 6.26. The Labute approximate surface area is 405 Å². The van der Waals surface area contributed by atoms with Crippen LogP contribution >= 0.6 is 23.5 Å². The Morgan fingerprint density at radius 2 is 0.956 bits per heavy atom. The van der Waals surface area contributed by atoms with E-state index in [0.29, 0.717) is 50.8 Å². The summed E-state index contributed by atoms with van der Waals surface area (Å²) in [5.41, 5.74) is 26.8. The van der Waals surface area contributed by atoms with Crippen LogP contribution in [-0.2, 0) is 48.1 Å². The van der Waals surface area contributed by atoms with Crippen LogP contribution in [0.25, 0.3) is 0 Å². The van der Waals surface area contributed by atoms with Gasteiger partial charge < -0.3 is 43.0 Å². The van der Waals surface area contributed by atoms with Crippen molar-refractivity contribution in [2.75, 3.05) is 40.4 Å². The van der Waals surface area contributed by atoms with Crippen LogP contribution in [0.15, 0.2) is 95.2 Å². The smallest absolute Gasteiger partial charge is 0.286 e. The van der Waals surface area contributed by atoms with Gasteiger partial charge >= 0.3 is 0 Å². The number of carbonyl (C=O) groups excluding carboxylic acids is 4. The van der Waals surface area contributed by atoms with Gasteiger partial charge in [-0.15, -0.1) is 0 Å². The minimum absolute atomic E-state index is 0.211. The van der Waals surface area contributed by atoms with E-state index in [1.54, 1.807) is 14.1 Å². The van der Waals surface area contributed by atoms with Gasteiger partial charge in [-0.3, -0.25) is 50.6 Å². The monoisotopic (exact) mass is 970 g/mol. The minimum atomic E-state index is -0.337. The molecule has 0 aliphatic carbocycles. The van der Waals surface area contributed by atoms with E-state index >= 15 is 0 Å². The molecule has 2 aliphatic heterocycles. The average Bonchev–Trinajstić information content (AvgIpc) is 3.80. The highest BCUT2D eigenvalue weighted by atomic mass is 32.2. The molecular formula is C46H62N14O6S2. The molecule has 2 aliphatic rings. The van der Waals surface area contributed by atoms with Crippen LogP contribution in [0.4, 0.5) is 9.59 Å². The van der Waals surface area contributed by atoms with E-state index in [4.69, 9.17) is 43.2 Å². The number of rotatable bonds is 18. The first kappa shape index (κ1) is 55.4. The van der Waals surface area contributed by atoms with Crippen molar-refractivity contribution in [1.29, 1.82) is 10.8 Å². The molecule has 4 heterocycles. The number of benzene rings is 2. The molecule has 4 amide bonds. The first-order chi connectivity index (χ1) is 32.6. The number of guanidine groups is 2. The molecule has 0 radical (unpaired) electrons. The van der Waals surface area contributed by atoms with E-state index < -0.39 is 0 Å². The van der Waals surface area contributed by atoms with Crippen LogP contribution in [0.1, 0.15) is 47.5 Å². The van der Waals surface area contributed by atoms with E-state index in [-0.39, 0.29) is 44.7 Å². The number of aryl methyl sites for hydroxylation is 2. The molecule has 2 saturated heterocycles. The predicted octanol–water partition coefficient (Wildman–Crippen LogP) is 3.23. The van der Waals surface area contributed by atoms with Crippen molar-refractivity contribution in [2.45, 2.75) is 62.9 Å². The Morgan fingerprint density at radius 1 is 0.603 bits per heavy atom. The third-order valence-corrected chi connectivity index (χ3v) is 11.3. The fourth-order valence-corrected chi connectivity index (χ4v) is 7.57. The van der Waals surface area contributed by atoms with Gasteiger partial charge in [0.15, 0.2) is 0 Å². The molecule has 2 aromatic heterocycles. The Morgan fingerprint density at radius 3 is 1.22 bits per heavy atom. The number of hydrogen-bond donors (Lipinski definition) is 10. The number of carbonyl (C=O) groups is 4. The van der Waals surface area contributed by atoms with Gasteiger partial charge in [-0.25, -0.2) is 0 Å². The number of nitrogens with two attached hydrogens (primary N) is 4. The summed E-state index contributed by atoms with van der Waals surface area (Å²) in [6.07, 6.45) is 8.39. The summed E-state index contributed by atoms with van der Waals surface area (Å²) in [6, 6.07) is 23.6. The minimum Gasteiger partial charge on any atom is -0.493 e. The number of nitrogens with one attached hydrogen (secondary N) is 6. The Bertz CT molecular complexity index is 2150. The van der Waals surface area contributed by atoms with Crippen molar-refractivity contribution in [2.24, 2.45) is 32.9 Å². The number of imide groups is 2. The molecule has 364 valence electrons. The number of amides is 4. The number of nitrogens with zero attached hydrogens (tertiary/aromatic N) is 4. The summed E-state index contributed by atoms with van der Waals surface area (Å²) in [5.74, 6) is 1.27. The summed E-state index contributed by atoms with van der Waals surface area (Å²) in [7, 11) is 3.48. The first-order valence-corrected chi connectivity index (χ1v) is 23.3. The Balaban J connectivity index is 0.000000267. The summed E-state index contributed by atoms with van der Waals surface area (Å²) >= 11 is 2.10. The van der Waals surface area contributed by atoms with Gasteiger partial charge in [0.1, 0.15) is 23.2 Å². The maximum absolute atomic E-state index is 11.6. The summed E-state index contributed by atoms with van der Waals surface area (Å²) in [4.78, 5) is 61.3. The van der Waals surface area contributed by atoms with Gasteiger partial charge in [0.2, 0.25) is 23.7 Å². The first-order valence-electron chi connectivity index (χ1n) is 21.6. The van der Waals surface area contributed by atoms with Crippen molar-refractivity contribution >= 4 is 69.4 Å². The molecule has 2 fully saturated rings. The zero-order chi connectivity index (χ0) is 49.8. The summed E-state index contributed by atoms with van der Waals surface area (Å²) < 4.78 is 11.5. The van der Waals surface area contributed by atoms with Gasteiger partial charge in [-0.1, -0.05) is 73.8 Å². The van der Waals surface area contributed by atoms with Crippen LogP contribution in [0.5, 0.6) is 11.5 Å². The molecule has 0 bridgehead atoms. The van der Waals surface area contributed by atoms with Crippen LogP contribution in [0.3, 0.4) is 0 Å². The highest BCUT2D eigenvalue weighted by molar-refractivity contribution is 8.15. The predicted molar refractivity (Wildman–Crippen MR) is 271 cm³/mol. The lowest BCUT2D eigenvalue weighted by atomic mass is 10.1. The zero-order valence-electron chi connectivity index (χ0n) is 38.7. The molecular weight excluding hydrogens is 909 g/mol. The molecule has 2 aromatic carbocycles. The lowest BCUT2D eigenvalue weighted by Crippen LogP contribution is -2.28. The SMILES string of the molecule is CCc1ccc(CCOc2ccc(CC3SC(=O)NC3=O)cc2)nc1.CCc1ccc(CCOc2ccc(CC3SC(=O)NC3=O)cc2)nc1.CNCC(N)=NC(=N)N.CNCC(N)=NC(=N)N. The quantitative estimate of drug-likeness (QED) is 0.0505. The second-order valence-corrected chi connectivity index (χ2v) is 17.1. The van der Waals surface area contributed by atoms with Crippen LogP contribution in [-0.4, -0.2) is 107 Å². The number of amidine groups is 2.